The zero-order chi connectivity index (χ0) is 28.1. The van der Waals surface area contributed by atoms with Crippen molar-refractivity contribution in [2.45, 2.75) is 19.6 Å². The van der Waals surface area contributed by atoms with Crippen molar-refractivity contribution in [1.82, 2.24) is 9.80 Å². The number of amides is 1. The molecular weight excluding hydrogens is 496 g/mol. The van der Waals surface area contributed by atoms with Crippen LogP contribution in [0, 0.1) is 6.92 Å². The lowest BCUT2D eigenvalue weighted by Crippen LogP contribution is -2.35. The average molecular weight is 529 g/mol. The van der Waals surface area contributed by atoms with Crippen molar-refractivity contribution < 1.29 is 29.0 Å². The molecule has 0 spiro atoms. The molecule has 202 valence electrons. The van der Waals surface area contributed by atoms with E-state index in [9.17, 15) is 19.5 Å². The van der Waals surface area contributed by atoms with Gasteiger partial charge in [0.05, 0.1) is 24.3 Å². The number of nitrogens with zero attached hydrogens (tertiary/aromatic N) is 2. The number of Topliss-reactive ketones (excluding diaryl/α,β-unsaturated/α-hetero) is 1. The number of likely N-dealkylation sites (tertiary alicyclic amines) is 1. The summed E-state index contributed by atoms with van der Waals surface area (Å²) >= 11 is 0. The maximum absolute atomic E-state index is 13.2. The maximum Gasteiger partial charge on any atom is 0.337 e. The molecule has 1 amide bonds. The van der Waals surface area contributed by atoms with Crippen LogP contribution in [0.5, 0.6) is 5.75 Å². The summed E-state index contributed by atoms with van der Waals surface area (Å²) in [6, 6.07) is 20.4. The molecule has 3 aromatic rings. The third-order valence-corrected chi connectivity index (χ3v) is 6.76. The van der Waals surface area contributed by atoms with Gasteiger partial charge in [-0.15, -0.1) is 0 Å². The molecule has 39 heavy (non-hydrogen) atoms. The number of aliphatic hydroxyl groups is 1. The monoisotopic (exact) mass is 528 g/mol. The second-order valence-corrected chi connectivity index (χ2v) is 9.65. The van der Waals surface area contributed by atoms with E-state index in [4.69, 9.17) is 9.47 Å². The molecule has 1 saturated heterocycles. The van der Waals surface area contributed by atoms with Crippen LogP contribution in [0.3, 0.4) is 0 Å². The number of hydrogen-bond acceptors (Lipinski definition) is 7. The van der Waals surface area contributed by atoms with Crippen LogP contribution in [0.25, 0.3) is 5.76 Å². The van der Waals surface area contributed by atoms with Gasteiger partial charge in [0, 0.05) is 18.7 Å². The Hall–Kier alpha value is -4.43. The first kappa shape index (κ1) is 27.6. The summed E-state index contributed by atoms with van der Waals surface area (Å²) in [5.41, 5.74) is 3.53. The van der Waals surface area contributed by atoms with Crippen molar-refractivity contribution in [2.75, 3.05) is 34.3 Å². The van der Waals surface area contributed by atoms with E-state index in [1.807, 2.05) is 50.2 Å². The summed E-state index contributed by atoms with van der Waals surface area (Å²) in [4.78, 5) is 41.6. The third kappa shape index (κ3) is 6.02. The summed E-state index contributed by atoms with van der Waals surface area (Å²) in [5, 5.41) is 11.3. The first-order valence-corrected chi connectivity index (χ1v) is 12.6. The summed E-state index contributed by atoms with van der Waals surface area (Å²) in [5.74, 6) is -1.59. The van der Waals surface area contributed by atoms with Crippen LogP contribution in [0.15, 0.2) is 78.4 Å². The van der Waals surface area contributed by atoms with Crippen LogP contribution < -0.4 is 4.74 Å². The van der Waals surface area contributed by atoms with E-state index in [2.05, 4.69) is 0 Å². The van der Waals surface area contributed by atoms with E-state index < -0.39 is 23.7 Å². The molecule has 1 heterocycles. The standard InChI is InChI=1S/C31H32N2O6/c1-20-7-5-6-8-24(20)19-39-25-15-13-22(14-16-25)28(34)26-27(21-9-11-23(12-10-21)31(37)38-4)33(18-17-32(2)3)30(36)29(26)35/h5-16,27,34H,17-19H2,1-4H3/b28-26-. The summed E-state index contributed by atoms with van der Waals surface area (Å²) in [7, 11) is 5.05. The van der Waals surface area contributed by atoms with Gasteiger partial charge in [-0.3, -0.25) is 9.59 Å². The van der Waals surface area contributed by atoms with E-state index in [1.165, 1.54) is 12.0 Å². The molecule has 0 bridgehead atoms. The van der Waals surface area contributed by atoms with Crippen molar-refractivity contribution in [3.63, 3.8) is 0 Å². The third-order valence-electron chi connectivity index (χ3n) is 6.76. The lowest BCUT2D eigenvalue weighted by molar-refractivity contribution is -0.140. The number of likely N-dealkylation sites (N-methyl/N-ethyl adjacent to an activating group) is 1. The quantitative estimate of drug-likeness (QED) is 0.191. The van der Waals surface area contributed by atoms with Crippen LogP contribution in [0.1, 0.15) is 38.7 Å². The molecule has 1 fully saturated rings. The van der Waals surface area contributed by atoms with Crippen molar-refractivity contribution in [3.8, 4) is 5.75 Å². The van der Waals surface area contributed by atoms with Crippen LogP contribution in [0.2, 0.25) is 0 Å². The van der Waals surface area contributed by atoms with Crippen LogP contribution in [0.4, 0.5) is 0 Å². The maximum atomic E-state index is 13.2. The summed E-state index contributed by atoms with van der Waals surface area (Å²) in [6.45, 7) is 3.23. The van der Waals surface area contributed by atoms with Crippen molar-refractivity contribution >= 4 is 23.4 Å². The minimum Gasteiger partial charge on any atom is -0.507 e. The topological polar surface area (TPSA) is 96.4 Å². The Morgan fingerprint density at radius 2 is 1.59 bits per heavy atom. The van der Waals surface area contributed by atoms with Gasteiger partial charge in [0.25, 0.3) is 11.7 Å². The molecule has 1 N–H and O–H groups in total. The minimum absolute atomic E-state index is 0.00171. The van der Waals surface area contributed by atoms with Crippen molar-refractivity contribution in [1.29, 1.82) is 0 Å². The molecule has 0 aliphatic carbocycles. The Bertz CT molecular complexity index is 1390. The van der Waals surface area contributed by atoms with Gasteiger partial charge < -0.3 is 24.4 Å². The number of ketones is 1. The van der Waals surface area contributed by atoms with Crippen LogP contribution in [-0.2, 0) is 20.9 Å². The van der Waals surface area contributed by atoms with Gasteiger partial charge in [0.2, 0.25) is 0 Å². The fourth-order valence-corrected chi connectivity index (χ4v) is 4.48. The van der Waals surface area contributed by atoms with Gasteiger partial charge in [-0.1, -0.05) is 36.4 Å². The smallest absolute Gasteiger partial charge is 0.337 e. The zero-order valence-electron chi connectivity index (χ0n) is 22.5. The largest absolute Gasteiger partial charge is 0.507 e. The number of aryl methyl sites for hydroxylation is 1. The molecule has 8 nitrogen and oxygen atoms in total. The Kier molecular flexibility index (Phi) is 8.46. The van der Waals surface area contributed by atoms with Crippen LogP contribution in [-0.4, -0.2) is 66.9 Å². The molecule has 1 aliphatic rings. The molecule has 0 saturated carbocycles. The van der Waals surface area contributed by atoms with E-state index in [1.54, 1.807) is 48.5 Å². The molecule has 1 unspecified atom stereocenters. The molecule has 1 aliphatic heterocycles. The van der Waals surface area contributed by atoms with E-state index in [0.29, 0.717) is 35.6 Å². The molecule has 4 rings (SSSR count). The lowest BCUT2D eigenvalue weighted by atomic mass is 9.94. The highest BCUT2D eigenvalue weighted by molar-refractivity contribution is 6.46. The van der Waals surface area contributed by atoms with E-state index >= 15 is 0 Å². The van der Waals surface area contributed by atoms with Gasteiger partial charge in [0.1, 0.15) is 18.1 Å². The molecule has 8 heteroatoms. The fraction of sp³-hybridized carbons (Fsp3) is 0.258. The Labute approximate surface area is 228 Å². The SMILES string of the molecule is COC(=O)c1ccc(C2/C(=C(/O)c3ccc(OCc4ccccc4C)cc3)C(=O)C(=O)N2CCN(C)C)cc1. The number of rotatable bonds is 9. The molecule has 3 aromatic carbocycles. The Morgan fingerprint density at radius 1 is 0.949 bits per heavy atom. The number of carbonyl (C=O) groups is 3. The highest BCUT2D eigenvalue weighted by Crippen LogP contribution is 2.39. The minimum atomic E-state index is -0.811. The lowest BCUT2D eigenvalue weighted by Gasteiger charge is -2.26. The summed E-state index contributed by atoms with van der Waals surface area (Å²) < 4.78 is 10.7. The van der Waals surface area contributed by atoms with Gasteiger partial charge in [0.15, 0.2) is 0 Å². The highest BCUT2D eigenvalue weighted by atomic mass is 16.5. The Morgan fingerprint density at radius 3 is 2.21 bits per heavy atom. The number of aliphatic hydroxyl groups excluding tert-OH is 1. The second-order valence-electron chi connectivity index (χ2n) is 9.65. The normalized spacial score (nSPS) is 16.5. The average Bonchev–Trinajstić information content (AvgIpc) is 3.20. The number of hydrogen-bond donors (Lipinski definition) is 1. The van der Waals surface area contributed by atoms with Gasteiger partial charge >= 0.3 is 5.97 Å². The van der Waals surface area contributed by atoms with Crippen molar-refractivity contribution in [3.05, 3.63) is 106 Å². The predicted molar refractivity (Wildman–Crippen MR) is 147 cm³/mol. The zero-order valence-corrected chi connectivity index (χ0v) is 22.5. The number of esters is 1. The first-order valence-electron chi connectivity index (χ1n) is 12.6. The number of ether oxygens (including phenoxy) is 2. The van der Waals surface area contributed by atoms with E-state index in [0.717, 1.165) is 11.1 Å². The predicted octanol–water partition coefficient (Wildman–Crippen LogP) is 4.34. The number of carbonyl (C=O) groups excluding carboxylic acids is 3. The molecule has 0 aromatic heterocycles. The van der Waals surface area contributed by atoms with E-state index in [-0.39, 0.29) is 17.9 Å². The highest BCUT2D eigenvalue weighted by Gasteiger charge is 2.45. The summed E-state index contributed by atoms with van der Waals surface area (Å²) in [6.07, 6.45) is 0. The first-order chi connectivity index (χ1) is 18.7. The van der Waals surface area contributed by atoms with Gasteiger partial charge in [-0.25, -0.2) is 4.79 Å². The number of benzene rings is 3. The Balaban J connectivity index is 1.66. The molecular formula is C31H32N2O6. The van der Waals surface area contributed by atoms with Crippen LogP contribution >= 0.6 is 0 Å². The molecule has 1 atom stereocenters. The molecule has 0 radical (unpaired) electrons. The second kappa shape index (κ2) is 12.0. The number of methoxy groups -OCH3 is 1. The fourth-order valence-electron chi connectivity index (χ4n) is 4.48. The van der Waals surface area contributed by atoms with Gasteiger partial charge in [-0.05, 0) is 74.1 Å². The van der Waals surface area contributed by atoms with Gasteiger partial charge in [-0.2, -0.15) is 0 Å². The van der Waals surface area contributed by atoms with Crippen molar-refractivity contribution in [2.24, 2.45) is 0 Å².